The molecule has 0 unspecified atom stereocenters. The summed E-state index contributed by atoms with van der Waals surface area (Å²) in [7, 11) is 0. The van der Waals surface area contributed by atoms with E-state index in [-0.39, 0.29) is 5.97 Å². The zero-order valence-corrected chi connectivity index (χ0v) is 9.31. The van der Waals surface area contributed by atoms with Crippen LogP contribution in [-0.4, -0.2) is 18.6 Å². The van der Waals surface area contributed by atoms with Crippen molar-refractivity contribution in [2.45, 2.75) is 12.8 Å². The fourth-order valence-corrected chi connectivity index (χ4v) is 1.39. The van der Waals surface area contributed by atoms with E-state index < -0.39 is 6.03 Å². The van der Waals surface area contributed by atoms with Crippen LogP contribution in [0.25, 0.3) is 0 Å². The second kappa shape index (κ2) is 4.86. The first kappa shape index (κ1) is 11.4. The summed E-state index contributed by atoms with van der Waals surface area (Å²) in [4.78, 5) is 22.2. The maximum atomic E-state index is 11.6. The molecule has 1 aromatic carbocycles. The van der Waals surface area contributed by atoms with E-state index in [1.54, 1.807) is 24.3 Å². The lowest BCUT2D eigenvalue weighted by molar-refractivity contribution is 0.0486. The quantitative estimate of drug-likeness (QED) is 0.778. The van der Waals surface area contributed by atoms with Crippen molar-refractivity contribution in [3.8, 4) is 0 Å². The van der Waals surface area contributed by atoms with E-state index in [0.29, 0.717) is 23.8 Å². The van der Waals surface area contributed by atoms with E-state index in [2.05, 4.69) is 5.32 Å². The van der Waals surface area contributed by atoms with Crippen molar-refractivity contribution in [3.05, 3.63) is 29.8 Å². The predicted molar refractivity (Wildman–Crippen MR) is 62.7 cm³/mol. The molecule has 17 heavy (non-hydrogen) atoms. The van der Waals surface area contributed by atoms with Crippen molar-refractivity contribution in [1.82, 2.24) is 0 Å². The summed E-state index contributed by atoms with van der Waals surface area (Å²) >= 11 is 0. The minimum atomic E-state index is -0.631. The Balaban J connectivity index is 1.91. The van der Waals surface area contributed by atoms with Crippen molar-refractivity contribution in [3.63, 3.8) is 0 Å². The van der Waals surface area contributed by atoms with Gasteiger partial charge in [0, 0.05) is 5.69 Å². The number of amides is 2. The van der Waals surface area contributed by atoms with Crippen LogP contribution in [0.1, 0.15) is 23.2 Å². The van der Waals surface area contributed by atoms with Crippen LogP contribution in [0.4, 0.5) is 10.5 Å². The number of nitrogens with two attached hydrogens (primary N) is 1. The van der Waals surface area contributed by atoms with Gasteiger partial charge in [0.2, 0.25) is 0 Å². The molecule has 1 saturated carbocycles. The second-order valence-corrected chi connectivity index (χ2v) is 4.11. The SMILES string of the molecule is NC(=O)Nc1ccc(C(=O)OCC2CC2)cc1. The topological polar surface area (TPSA) is 81.4 Å². The van der Waals surface area contributed by atoms with Gasteiger partial charge in [-0.05, 0) is 43.0 Å². The van der Waals surface area contributed by atoms with Crippen LogP contribution in [-0.2, 0) is 4.74 Å². The van der Waals surface area contributed by atoms with Gasteiger partial charge in [-0.2, -0.15) is 0 Å². The molecule has 5 nitrogen and oxygen atoms in total. The van der Waals surface area contributed by atoms with Gasteiger partial charge in [0.05, 0.1) is 12.2 Å². The summed E-state index contributed by atoms with van der Waals surface area (Å²) in [5.74, 6) is 0.220. The van der Waals surface area contributed by atoms with Crippen LogP contribution in [0.5, 0.6) is 0 Å². The maximum Gasteiger partial charge on any atom is 0.338 e. The number of hydrogen-bond acceptors (Lipinski definition) is 3. The molecule has 0 bridgehead atoms. The highest BCUT2D eigenvalue weighted by Gasteiger charge is 2.23. The predicted octanol–water partition coefficient (Wildman–Crippen LogP) is 1.74. The van der Waals surface area contributed by atoms with Crippen LogP contribution in [0, 0.1) is 5.92 Å². The molecule has 0 aliphatic heterocycles. The number of esters is 1. The summed E-state index contributed by atoms with van der Waals surface area (Å²) < 4.78 is 5.12. The average molecular weight is 234 g/mol. The smallest absolute Gasteiger partial charge is 0.338 e. The molecule has 0 saturated heterocycles. The number of hydrogen-bond donors (Lipinski definition) is 2. The molecule has 1 aliphatic carbocycles. The van der Waals surface area contributed by atoms with Crippen LogP contribution in [0.15, 0.2) is 24.3 Å². The minimum absolute atomic E-state index is 0.331. The minimum Gasteiger partial charge on any atom is -0.462 e. The van der Waals surface area contributed by atoms with Gasteiger partial charge >= 0.3 is 12.0 Å². The summed E-state index contributed by atoms with van der Waals surface area (Å²) in [6.45, 7) is 0.500. The zero-order chi connectivity index (χ0) is 12.3. The lowest BCUT2D eigenvalue weighted by Crippen LogP contribution is -2.19. The van der Waals surface area contributed by atoms with E-state index in [0.717, 1.165) is 12.8 Å². The summed E-state index contributed by atoms with van der Waals surface area (Å²) in [6, 6.07) is 5.78. The van der Waals surface area contributed by atoms with Crippen LogP contribution in [0.3, 0.4) is 0 Å². The molecule has 0 spiro atoms. The number of nitrogens with one attached hydrogen (secondary N) is 1. The van der Waals surface area contributed by atoms with Crippen molar-refractivity contribution < 1.29 is 14.3 Å². The summed E-state index contributed by atoms with van der Waals surface area (Å²) in [5.41, 5.74) is 5.99. The summed E-state index contributed by atoms with van der Waals surface area (Å²) in [5, 5.41) is 2.42. The Bertz CT molecular complexity index is 424. The van der Waals surface area contributed by atoms with Crippen molar-refractivity contribution in [2.24, 2.45) is 11.7 Å². The van der Waals surface area contributed by atoms with Gasteiger partial charge in [-0.25, -0.2) is 9.59 Å². The number of urea groups is 1. The van der Waals surface area contributed by atoms with E-state index in [1.807, 2.05) is 0 Å². The third kappa shape index (κ3) is 3.48. The van der Waals surface area contributed by atoms with E-state index in [1.165, 1.54) is 0 Å². The van der Waals surface area contributed by atoms with Crippen LogP contribution >= 0.6 is 0 Å². The highest BCUT2D eigenvalue weighted by Crippen LogP contribution is 2.29. The Morgan fingerprint density at radius 2 is 1.94 bits per heavy atom. The Hall–Kier alpha value is -2.04. The van der Waals surface area contributed by atoms with Gasteiger partial charge < -0.3 is 15.8 Å². The number of primary amides is 1. The Kier molecular flexibility index (Phi) is 3.27. The molecule has 1 aromatic rings. The fraction of sp³-hybridized carbons (Fsp3) is 0.333. The number of rotatable bonds is 4. The molecule has 0 radical (unpaired) electrons. The molecule has 3 N–H and O–H groups in total. The number of carbonyl (C=O) groups excluding carboxylic acids is 2. The molecular weight excluding hydrogens is 220 g/mol. The Morgan fingerprint density at radius 1 is 1.29 bits per heavy atom. The highest BCUT2D eigenvalue weighted by molar-refractivity contribution is 5.91. The first-order valence-electron chi connectivity index (χ1n) is 5.49. The monoisotopic (exact) mass is 234 g/mol. The van der Waals surface area contributed by atoms with Crippen molar-refractivity contribution in [1.29, 1.82) is 0 Å². The number of carbonyl (C=O) groups is 2. The van der Waals surface area contributed by atoms with E-state index in [9.17, 15) is 9.59 Å². The van der Waals surface area contributed by atoms with Gasteiger partial charge in [-0.3, -0.25) is 0 Å². The molecule has 0 atom stereocenters. The Labute approximate surface area is 98.9 Å². The molecule has 90 valence electrons. The van der Waals surface area contributed by atoms with Gasteiger partial charge in [0.25, 0.3) is 0 Å². The standard InChI is InChI=1S/C12H14N2O3/c13-12(16)14-10-5-3-9(4-6-10)11(15)17-7-8-1-2-8/h3-6,8H,1-2,7H2,(H3,13,14,16). The number of benzene rings is 1. The average Bonchev–Trinajstić information content (AvgIpc) is 3.10. The number of anilines is 1. The zero-order valence-electron chi connectivity index (χ0n) is 9.31. The molecule has 1 aliphatic rings. The maximum absolute atomic E-state index is 11.6. The van der Waals surface area contributed by atoms with Gasteiger partial charge in [0.1, 0.15) is 0 Å². The lowest BCUT2D eigenvalue weighted by atomic mass is 10.2. The highest BCUT2D eigenvalue weighted by atomic mass is 16.5. The lowest BCUT2D eigenvalue weighted by Gasteiger charge is -2.05. The molecule has 0 aromatic heterocycles. The van der Waals surface area contributed by atoms with Gasteiger partial charge in [-0.15, -0.1) is 0 Å². The molecule has 2 rings (SSSR count). The van der Waals surface area contributed by atoms with Gasteiger partial charge in [0.15, 0.2) is 0 Å². The van der Waals surface area contributed by atoms with Crippen LogP contribution in [0.2, 0.25) is 0 Å². The van der Waals surface area contributed by atoms with Crippen molar-refractivity contribution in [2.75, 3.05) is 11.9 Å². The third-order valence-corrected chi connectivity index (χ3v) is 2.54. The first-order chi connectivity index (χ1) is 8.15. The van der Waals surface area contributed by atoms with Crippen LogP contribution < -0.4 is 11.1 Å². The first-order valence-corrected chi connectivity index (χ1v) is 5.49. The van der Waals surface area contributed by atoms with E-state index >= 15 is 0 Å². The molecule has 2 amide bonds. The molecule has 1 fully saturated rings. The summed E-state index contributed by atoms with van der Waals surface area (Å²) in [6.07, 6.45) is 2.30. The van der Waals surface area contributed by atoms with E-state index in [4.69, 9.17) is 10.5 Å². The largest absolute Gasteiger partial charge is 0.462 e. The van der Waals surface area contributed by atoms with Crippen molar-refractivity contribution >= 4 is 17.7 Å². The third-order valence-electron chi connectivity index (χ3n) is 2.54. The van der Waals surface area contributed by atoms with Gasteiger partial charge in [-0.1, -0.05) is 0 Å². The molecule has 0 heterocycles. The second-order valence-electron chi connectivity index (χ2n) is 4.11. The molecule has 5 heteroatoms. The normalized spacial score (nSPS) is 14.1. The Morgan fingerprint density at radius 3 is 2.47 bits per heavy atom. The molecular formula is C12H14N2O3. The number of ether oxygens (including phenoxy) is 1. The fourth-order valence-electron chi connectivity index (χ4n) is 1.39.